The van der Waals surface area contributed by atoms with Gasteiger partial charge in [-0.3, -0.25) is 0 Å². The maximum Gasteiger partial charge on any atom is 0.340 e. The summed E-state index contributed by atoms with van der Waals surface area (Å²) < 4.78 is 37.0. The van der Waals surface area contributed by atoms with Crippen molar-refractivity contribution >= 4 is 27.5 Å². The number of aromatic nitrogens is 1. The first-order valence-corrected chi connectivity index (χ1v) is 12.1. The van der Waals surface area contributed by atoms with Gasteiger partial charge in [-0.1, -0.05) is 12.1 Å². The third-order valence-corrected chi connectivity index (χ3v) is 6.61. The van der Waals surface area contributed by atoms with Gasteiger partial charge in [0.25, 0.3) is 0 Å². The molecule has 9 nitrogen and oxygen atoms in total. The van der Waals surface area contributed by atoms with Crippen molar-refractivity contribution in [1.29, 1.82) is 0 Å². The highest BCUT2D eigenvalue weighted by Crippen LogP contribution is 2.28. The first-order chi connectivity index (χ1) is 16.4. The van der Waals surface area contributed by atoms with Gasteiger partial charge in [-0.05, 0) is 63.2 Å². The Labute approximate surface area is 203 Å². The lowest BCUT2D eigenvalue weighted by molar-refractivity contribution is 0.00705. The molecule has 0 aliphatic carbocycles. The van der Waals surface area contributed by atoms with E-state index in [9.17, 15) is 23.1 Å². The van der Waals surface area contributed by atoms with E-state index < -0.39 is 27.4 Å². The molecule has 35 heavy (non-hydrogen) atoms. The SMILES string of the molecule is COc1ccc(S(=O)(=O)c2ncccc2CNc2c(C(=O)O)cccc2C(=O)OC(C)(C)C)cc1. The van der Waals surface area contributed by atoms with Gasteiger partial charge in [0.05, 0.1) is 28.8 Å². The van der Waals surface area contributed by atoms with Gasteiger partial charge in [0, 0.05) is 18.3 Å². The predicted molar refractivity (Wildman–Crippen MR) is 129 cm³/mol. The quantitative estimate of drug-likeness (QED) is 0.439. The zero-order valence-electron chi connectivity index (χ0n) is 19.7. The minimum absolute atomic E-state index is 0.0169. The Kier molecular flexibility index (Phi) is 7.45. The number of anilines is 1. The molecular weight excluding hydrogens is 472 g/mol. The summed E-state index contributed by atoms with van der Waals surface area (Å²) in [5, 5.41) is 12.4. The van der Waals surface area contributed by atoms with E-state index >= 15 is 0 Å². The number of carboxylic acids is 1. The lowest BCUT2D eigenvalue weighted by Gasteiger charge is -2.21. The molecule has 3 rings (SSSR count). The summed E-state index contributed by atoms with van der Waals surface area (Å²) in [5.74, 6) is -1.46. The Morgan fingerprint density at radius 2 is 1.66 bits per heavy atom. The lowest BCUT2D eigenvalue weighted by Crippen LogP contribution is -2.25. The third-order valence-electron chi connectivity index (χ3n) is 4.84. The van der Waals surface area contributed by atoms with Gasteiger partial charge in [0.15, 0.2) is 5.03 Å². The number of carboxylic acid groups (broad SMARTS) is 1. The zero-order valence-corrected chi connectivity index (χ0v) is 20.5. The van der Waals surface area contributed by atoms with Crippen LogP contribution in [0.25, 0.3) is 0 Å². The van der Waals surface area contributed by atoms with E-state index in [-0.39, 0.29) is 33.3 Å². The van der Waals surface area contributed by atoms with Crippen molar-refractivity contribution in [2.24, 2.45) is 0 Å². The molecule has 2 aromatic carbocycles. The molecule has 0 radical (unpaired) electrons. The van der Waals surface area contributed by atoms with Gasteiger partial charge in [-0.25, -0.2) is 23.0 Å². The van der Waals surface area contributed by atoms with Crippen molar-refractivity contribution < 1.29 is 32.6 Å². The van der Waals surface area contributed by atoms with E-state index in [1.165, 1.54) is 55.8 Å². The van der Waals surface area contributed by atoms with Crippen molar-refractivity contribution in [2.45, 2.75) is 42.8 Å². The molecule has 0 bridgehead atoms. The second-order valence-corrected chi connectivity index (χ2v) is 10.4. The van der Waals surface area contributed by atoms with Crippen LogP contribution in [0.2, 0.25) is 0 Å². The number of hydrogen-bond acceptors (Lipinski definition) is 8. The Bertz CT molecular complexity index is 1340. The van der Waals surface area contributed by atoms with Crippen LogP contribution in [0.1, 0.15) is 47.1 Å². The first-order valence-electron chi connectivity index (χ1n) is 10.6. The molecule has 2 N–H and O–H groups in total. The molecule has 184 valence electrons. The highest BCUT2D eigenvalue weighted by atomic mass is 32.2. The van der Waals surface area contributed by atoms with Crippen molar-refractivity contribution in [3.8, 4) is 5.75 Å². The number of pyridine rings is 1. The van der Waals surface area contributed by atoms with Crippen LogP contribution in [0, 0.1) is 0 Å². The van der Waals surface area contributed by atoms with E-state index in [0.717, 1.165) is 0 Å². The monoisotopic (exact) mass is 498 g/mol. The van der Waals surface area contributed by atoms with Gasteiger partial charge in [0.1, 0.15) is 11.4 Å². The van der Waals surface area contributed by atoms with Gasteiger partial charge in [-0.2, -0.15) is 0 Å². The number of ether oxygens (including phenoxy) is 2. The average Bonchev–Trinajstić information content (AvgIpc) is 2.81. The van der Waals surface area contributed by atoms with Gasteiger partial charge in [-0.15, -0.1) is 0 Å². The number of para-hydroxylation sites is 1. The summed E-state index contributed by atoms with van der Waals surface area (Å²) in [6.07, 6.45) is 1.36. The molecule has 0 aliphatic heterocycles. The molecule has 0 aliphatic rings. The second-order valence-electron chi connectivity index (χ2n) is 8.54. The van der Waals surface area contributed by atoms with E-state index in [2.05, 4.69) is 10.3 Å². The largest absolute Gasteiger partial charge is 0.497 e. The molecule has 0 atom stereocenters. The molecule has 0 saturated carbocycles. The summed E-state index contributed by atoms with van der Waals surface area (Å²) in [6.45, 7) is 4.99. The first kappa shape index (κ1) is 25.7. The molecular formula is C25H26N2O7S. The molecule has 0 saturated heterocycles. The number of hydrogen-bond donors (Lipinski definition) is 2. The third kappa shape index (κ3) is 5.96. The van der Waals surface area contributed by atoms with Crippen LogP contribution < -0.4 is 10.1 Å². The number of carbonyl (C=O) groups excluding carboxylic acids is 1. The summed E-state index contributed by atoms with van der Waals surface area (Å²) in [6, 6.07) is 13.3. The number of benzene rings is 2. The fourth-order valence-corrected chi connectivity index (χ4v) is 4.68. The number of nitrogens with zero attached hydrogens (tertiary/aromatic N) is 1. The van der Waals surface area contributed by atoms with Crippen LogP contribution >= 0.6 is 0 Å². The number of nitrogens with one attached hydrogen (secondary N) is 1. The fraction of sp³-hybridized carbons (Fsp3) is 0.240. The molecule has 0 spiro atoms. The molecule has 0 amide bonds. The highest BCUT2D eigenvalue weighted by Gasteiger charge is 2.26. The Balaban J connectivity index is 1.99. The van der Waals surface area contributed by atoms with E-state index in [4.69, 9.17) is 9.47 Å². The van der Waals surface area contributed by atoms with Crippen molar-refractivity contribution in [2.75, 3.05) is 12.4 Å². The van der Waals surface area contributed by atoms with Crippen LogP contribution in [0.4, 0.5) is 5.69 Å². The summed E-state index contributed by atoms with van der Waals surface area (Å²) >= 11 is 0. The van der Waals surface area contributed by atoms with Crippen molar-refractivity contribution in [1.82, 2.24) is 4.98 Å². The van der Waals surface area contributed by atoms with Gasteiger partial charge in [0.2, 0.25) is 9.84 Å². The molecule has 1 heterocycles. The maximum atomic E-state index is 13.3. The smallest absolute Gasteiger partial charge is 0.340 e. The number of sulfone groups is 1. The maximum absolute atomic E-state index is 13.3. The van der Waals surface area contributed by atoms with E-state index in [1.807, 2.05) is 0 Å². The van der Waals surface area contributed by atoms with Crippen molar-refractivity contribution in [3.05, 3.63) is 77.5 Å². The van der Waals surface area contributed by atoms with Gasteiger partial charge < -0.3 is 19.9 Å². The standard InChI is InChI=1S/C25H26N2O7S/c1-25(2,3)34-24(30)20-9-5-8-19(23(28)29)21(20)27-15-16-7-6-14-26-22(16)35(31,32)18-12-10-17(33-4)11-13-18/h5-14,27H,15H2,1-4H3,(H,28,29). The summed E-state index contributed by atoms with van der Waals surface area (Å²) in [7, 11) is -2.51. The predicted octanol–water partition coefficient (Wildman–Crippen LogP) is 4.19. The number of rotatable bonds is 8. The second kappa shape index (κ2) is 10.1. The summed E-state index contributed by atoms with van der Waals surface area (Å²) in [5.41, 5.74) is -0.624. The average molecular weight is 499 g/mol. The Morgan fingerprint density at radius 1 is 1.00 bits per heavy atom. The van der Waals surface area contributed by atoms with Crippen LogP contribution in [-0.2, 0) is 21.1 Å². The van der Waals surface area contributed by atoms with Crippen molar-refractivity contribution in [3.63, 3.8) is 0 Å². The molecule has 1 aromatic heterocycles. The number of esters is 1. The molecule has 3 aromatic rings. The summed E-state index contributed by atoms with van der Waals surface area (Å²) in [4.78, 5) is 28.7. The van der Waals surface area contributed by atoms with Crippen LogP contribution in [0.3, 0.4) is 0 Å². The zero-order chi connectivity index (χ0) is 25.8. The normalized spacial score (nSPS) is 11.5. The topological polar surface area (TPSA) is 132 Å². The number of aromatic carboxylic acids is 1. The molecule has 0 fully saturated rings. The fourth-order valence-electron chi connectivity index (χ4n) is 3.27. The Hall–Kier alpha value is -3.92. The van der Waals surface area contributed by atoms with E-state index in [0.29, 0.717) is 11.3 Å². The van der Waals surface area contributed by atoms with E-state index in [1.54, 1.807) is 32.9 Å². The minimum Gasteiger partial charge on any atom is -0.497 e. The number of carbonyl (C=O) groups is 2. The van der Waals surface area contributed by atoms with Crippen LogP contribution in [0.15, 0.2) is 70.7 Å². The number of methoxy groups -OCH3 is 1. The molecule has 10 heteroatoms. The van der Waals surface area contributed by atoms with Crippen LogP contribution in [-0.4, -0.2) is 43.2 Å². The highest BCUT2D eigenvalue weighted by molar-refractivity contribution is 7.91. The minimum atomic E-state index is -3.99. The van der Waals surface area contributed by atoms with Crippen LogP contribution in [0.5, 0.6) is 5.75 Å². The lowest BCUT2D eigenvalue weighted by atomic mass is 10.1. The molecule has 0 unspecified atom stereocenters. The Morgan fingerprint density at radius 3 is 2.26 bits per heavy atom. The van der Waals surface area contributed by atoms with Gasteiger partial charge >= 0.3 is 11.9 Å².